The molecule has 2 fully saturated rings. The van der Waals surface area contributed by atoms with Gasteiger partial charge in [0.05, 0.1) is 30.5 Å². The summed E-state index contributed by atoms with van der Waals surface area (Å²) in [5.41, 5.74) is 1.41. The van der Waals surface area contributed by atoms with Crippen LogP contribution in [0.5, 0.6) is 0 Å². The number of nitrogens with one attached hydrogen (secondary N) is 1. The molecule has 0 aliphatic carbocycles. The Morgan fingerprint density at radius 1 is 1.38 bits per heavy atom. The molecule has 1 atom stereocenters. The van der Waals surface area contributed by atoms with Gasteiger partial charge in [-0.15, -0.1) is 0 Å². The van der Waals surface area contributed by atoms with Crippen molar-refractivity contribution in [2.24, 2.45) is 0 Å². The van der Waals surface area contributed by atoms with Gasteiger partial charge in [-0.1, -0.05) is 11.6 Å². The SMILES string of the molecule is O=C(O[C@H]1CCOC1)N1CC(Nc2nc(-c3cn(SI)c4ncc(Cl)cc34)ncc2F)C1. The van der Waals surface area contributed by atoms with Gasteiger partial charge in [-0.3, -0.25) is 3.97 Å². The Morgan fingerprint density at radius 3 is 2.97 bits per heavy atom. The monoisotopic (exact) mass is 590 g/mol. The Balaban J connectivity index is 1.31. The second-order valence-corrected chi connectivity index (χ2v) is 9.62. The van der Waals surface area contributed by atoms with Crippen LogP contribution in [-0.2, 0) is 9.47 Å². The summed E-state index contributed by atoms with van der Waals surface area (Å²) in [5, 5.41) is 4.32. The number of carbonyl (C=O) groups is 1. The Morgan fingerprint density at radius 2 is 2.22 bits per heavy atom. The molecular weight excluding hydrogens is 574 g/mol. The molecule has 5 rings (SSSR count). The summed E-state index contributed by atoms with van der Waals surface area (Å²) in [6.07, 6.45) is 4.69. The summed E-state index contributed by atoms with van der Waals surface area (Å²) >= 11 is 8.28. The molecule has 2 aliphatic heterocycles. The van der Waals surface area contributed by atoms with E-state index >= 15 is 0 Å². The van der Waals surface area contributed by atoms with E-state index in [9.17, 15) is 9.18 Å². The zero-order valence-corrected chi connectivity index (χ0v) is 20.2. The fraction of sp³-hybridized carbons (Fsp3) is 0.368. The van der Waals surface area contributed by atoms with E-state index in [1.54, 1.807) is 17.2 Å². The third kappa shape index (κ3) is 4.32. The zero-order chi connectivity index (χ0) is 22.2. The van der Waals surface area contributed by atoms with E-state index in [2.05, 4.69) is 41.5 Å². The first-order valence-corrected chi connectivity index (χ1v) is 13.5. The van der Waals surface area contributed by atoms with E-state index < -0.39 is 5.82 Å². The lowest BCUT2D eigenvalue weighted by Crippen LogP contribution is -2.57. The maximum atomic E-state index is 14.4. The second-order valence-electron chi connectivity index (χ2n) is 7.47. The number of rotatable bonds is 5. The van der Waals surface area contributed by atoms with Crippen LogP contribution >= 0.6 is 41.9 Å². The standard InChI is InChI=1S/C19H17ClFIN6O3S/c20-10-3-13-14(8-28(32-22)18(13)24-4-10)16-23-5-15(21)17(26-16)25-11-6-27(7-11)19(29)31-12-1-2-30-9-12/h3-5,8,11-12H,1-2,6-7,9H2,(H,23,25,26)/t12-/m0/s1. The van der Waals surface area contributed by atoms with Crippen LogP contribution in [0, 0.1) is 5.82 Å². The van der Waals surface area contributed by atoms with Crippen LogP contribution in [0.25, 0.3) is 22.4 Å². The molecule has 0 saturated carbocycles. The lowest BCUT2D eigenvalue weighted by molar-refractivity contribution is 0.0375. The smallest absolute Gasteiger partial charge is 0.410 e. The molecular formula is C19H17ClFIN6O3S. The average molecular weight is 591 g/mol. The molecule has 0 spiro atoms. The topological polar surface area (TPSA) is 94.4 Å². The summed E-state index contributed by atoms with van der Waals surface area (Å²) in [5.74, 6) is -0.139. The lowest BCUT2D eigenvalue weighted by atomic mass is 10.1. The number of nitrogens with zero attached hydrogens (tertiary/aromatic N) is 5. The number of amides is 1. The maximum Gasteiger partial charge on any atom is 0.410 e. The first kappa shape index (κ1) is 21.9. The van der Waals surface area contributed by atoms with Crippen LogP contribution in [-0.4, -0.2) is 68.4 Å². The Kier molecular flexibility index (Phi) is 6.27. The largest absolute Gasteiger partial charge is 0.444 e. The maximum absolute atomic E-state index is 14.4. The van der Waals surface area contributed by atoms with Crippen molar-refractivity contribution in [3.63, 3.8) is 0 Å². The van der Waals surface area contributed by atoms with Crippen molar-refractivity contribution in [1.29, 1.82) is 0 Å². The molecule has 5 heterocycles. The van der Waals surface area contributed by atoms with Crippen LogP contribution in [0.3, 0.4) is 0 Å². The van der Waals surface area contributed by atoms with Gasteiger partial charge in [0.2, 0.25) is 0 Å². The number of ether oxygens (including phenoxy) is 2. The highest BCUT2D eigenvalue weighted by atomic mass is 127. The molecule has 9 nitrogen and oxygen atoms in total. The number of likely N-dealkylation sites (tertiary alicyclic amines) is 1. The number of fused-ring (bicyclic) bond motifs is 1. The van der Waals surface area contributed by atoms with Gasteiger partial charge in [-0.2, -0.15) is 0 Å². The molecule has 1 amide bonds. The van der Waals surface area contributed by atoms with E-state index in [-0.39, 0.29) is 24.1 Å². The van der Waals surface area contributed by atoms with E-state index in [0.29, 0.717) is 54.8 Å². The van der Waals surface area contributed by atoms with Crippen molar-refractivity contribution in [3.05, 3.63) is 35.5 Å². The quantitative estimate of drug-likeness (QED) is 0.443. The van der Waals surface area contributed by atoms with Crippen LogP contribution in [0.1, 0.15) is 6.42 Å². The molecule has 0 radical (unpaired) electrons. The predicted octanol–water partition coefficient (Wildman–Crippen LogP) is 4.15. The summed E-state index contributed by atoms with van der Waals surface area (Å²) in [6.45, 7) is 1.84. The van der Waals surface area contributed by atoms with E-state index in [4.69, 9.17) is 21.1 Å². The number of carbonyl (C=O) groups excluding carboxylic acids is 1. The molecule has 2 saturated heterocycles. The fourth-order valence-corrected chi connectivity index (χ4v) is 5.03. The van der Waals surface area contributed by atoms with Gasteiger partial charge >= 0.3 is 6.09 Å². The summed E-state index contributed by atoms with van der Waals surface area (Å²) < 4.78 is 26.9. The molecule has 1 N–H and O–H groups in total. The molecule has 0 aromatic carbocycles. The molecule has 0 unspecified atom stereocenters. The van der Waals surface area contributed by atoms with Crippen LogP contribution in [0.15, 0.2) is 24.7 Å². The molecule has 13 heteroatoms. The van der Waals surface area contributed by atoms with Crippen LogP contribution < -0.4 is 5.32 Å². The lowest BCUT2D eigenvalue weighted by Gasteiger charge is -2.39. The van der Waals surface area contributed by atoms with Gasteiger partial charge in [0.25, 0.3) is 0 Å². The van der Waals surface area contributed by atoms with Crippen molar-refractivity contribution < 1.29 is 18.7 Å². The van der Waals surface area contributed by atoms with Crippen molar-refractivity contribution in [3.8, 4) is 11.4 Å². The van der Waals surface area contributed by atoms with E-state index in [1.165, 1.54) is 9.12 Å². The van der Waals surface area contributed by atoms with E-state index in [1.807, 2.05) is 10.2 Å². The van der Waals surface area contributed by atoms with Gasteiger partial charge in [-0.05, 0) is 6.07 Å². The molecule has 0 bridgehead atoms. The van der Waals surface area contributed by atoms with Crippen LogP contribution in [0.2, 0.25) is 5.02 Å². The summed E-state index contributed by atoms with van der Waals surface area (Å²) in [4.78, 5) is 26.7. The minimum atomic E-state index is -0.568. The van der Waals surface area contributed by atoms with Crippen molar-refractivity contribution in [2.45, 2.75) is 18.6 Å². The third-order valence-electron chi connectivity index (χ3n) is 5.27. The van der Waals surface area contributed by atoms with Gasteiger partial charge in [-0.25, -0.2) is 24.1 Å². The highest BCUT2D eigenvalue weighted by Gasteiger charge is 2.34. The van der Waals surface area contributed by atoms with Gasteiger partial charge in [0.1, 0.15) is 6.10 Å². The first-order valence-electron chi connectivity index (χ1n) is 9.80. The summed E-state index contributed by atoms with van der Waals surface area (Å²) in [7, 11) is 1.44. The molecule has 32 heavy (non-hydrogen) atoms. The number of halogens is 3. The highest BCUT2D eigenvalue weighted by Crippen LogP contribution is 2.34. The zero-order valence-electron chi connectivity index (χ0n) is 16.5. The predicted molar refractivity (Wildman–Crippen MR) is 127 cm³/mol. The Labute approximate surface area is 203 Å². The fourth-order valence-electron chi connectivity index (χ4n) is 3.62. The number of aromatic nitrogens is 4. The third-order valence-corrected chi connectivity index (χ3v) is 7.18. The summed E-state index contributed by atoms with van der Waals surface area (Å²) in [6, 6.07) is 1.65. The number of hydrogen-bond donors (Lipinski definition) is 1. The van der Waals surface area contributed by atoms with Gasteiger partial charge in [0.15, 0.2) is 23.1 Å². The van der Waals surface area contributed by atoms with Crippen LogP contribution in [0.4, 0.5) is 15.0 Å². The second kappa shape index (κ2) is 9.15. The first-order chi connectivity index (χ1) is 15.5. The molecule has 3 aromatic heterocycles. The molecule has 3 aromatic rings. The van der Waals surface area contributed by atoms with Crippen molar-refractivity contribution in [2.75, 3.05) is 31.6 Å². The molecule has 168 valence electrons. The minimum absolute atomic E-state index is 0.0789. The van der Waals surface area contributed by atoms with Gasteiger partial charge < -0.3 is 19.7 Å². The Bertz CT molecular complexity index is 1170. The van der Waals surface area contributed by atoms with Crippen molar-refractivity contribution >= 4 is 64.9 Å². The van der Waals surface area contributed by atoms with E-state index in [0.717, 1.165) is 11.6 Å². The van der Waals surface area contributed by atoms with Crippen molar-refractivity contribution in [1.82, 2.24) is 23.8 Å². The number of hydrogen-bond acceptors (Lipinski definition) is 8. The normalized spacial score (nSPS) is 18.7. The Hall–Kier alpha value is -1.90. The highest BCUT2D eigenvalue weighted by molar-refractivity contribution is 14.2. The minimum Gasteiger partial charge on any atom is -0.444 e. The average Bonchev–Trinajstić information content (AvgIpc) is 3.38. The van der Waals surface area contributed by atoms with Gasteiger partial charge in [0, 0.05) is 73.2 Å². The molecule has 2 aliphatic rings. The number of anilines is 1. The number of pyridine rings is 1.